The predicted octanol–water partition coefficient (Wildman–Crippen LogP) is 1.01. The summed E-state index contributed by atoms with van der Waals surface area (Å²) in [7, 11) is 0. The van der Waals surface area contributed by atoms with Gasteiger partial charge in [0.25, 0.3) is 0 Å². The number of nitrogens with one attached hydrogen (secondary N) is 1. The van der Waals surface area contributed by atoms with Gasteiger partial charge in [0, 0.05) is 38.4 Å². The van der Waals surface area contributed by atoms with Gasteiger partial charge in [-0.3, -0.25) is 9.69 Å². The van der Waals surface area contributed by atoms with Crippen molar-refractivity contribution < 1.29 is 4.79 Å². The van der Waals surface area contributed by atoms with Gasteiger partial charge in [-0.2, -0.15) is 0 Å². The Bertz CT molecular complexity index is 468. The number of hydrogen-bond acceptors (Lipinski definition) is 3. The summed E-state index contributed by atoms with van der Waals surface area (Å²) < 4.78 is 0. The van der Waals surface area contributed by atoms with E-state index in [2.05, 4.69) is 23.2 Å². The summed E-state index contributed by atoms with van der Waals surface area (Å²) >= 11 is 0. The topological polar surface area (TPSA) is 35.6 Å². The highest BCUT2D eigenvalue weighted by Gasteiger charge is 2.37. The van der Waals surface area contributed by atoms with E-state index in [1.54, 1.807) is 0 Å². The molecule has 2 aliphatic rings. The van der Waals surface area contributed by atoms with Crippen molar-refractivity contribution in [3.63, 3.8) is 0 Å². The zero-order valence-corrected chi connectivity index (χ0v) is 11.4. The second-order valence-electron chi connectivity index (χ2n) is 5.37. The van der Waals surface area contributed by atoms with Crippen molar-refractivity contribution in [3.05, 3.63) is 29.8 Å². The van der Waals surface area contributed by atoms with Crippen molar-refractivity contribution in [2.45, 2.75) is 19.4 Å². The largest absolute Gasteiger partial charge is 0.314 e. The van der Waals surface area contributed by atoms with Gasteiger partial charge in [0.2, 0.25) is 5.91 Å². The number of para-hydroxylation sites is 1. The number of rotatable bonds is 2. The van der Waals surface area contributed by atoms with Gasteiger partial charge in [0.15, 0.2) is 0 Å². The standard InChI is InChI=1S/C15H21N3O/c1-12-4-2-3-5-13(12)18-9-6-14(15(18)19)17-10-7-16-8-11-17/h2-5,14,16H,6-11H2,1H3. The predicted molar refractivity (Wildman–Crippen MR) is 76.4 cm³/mol. The van der Waals surface area contributed by atoms with E-state index in [0.717, 1.165) is 44.8 Å². The quantitative estimate of drug-likeness (QED) is 0.861. The van der Waals surface area contributed by atoms with Gasteiger partial charge in [-0.25, -0.2) is 0 Å². The molecule has 1 aromatic rings. The van der Waals surface area contributed by atoms with Crippen LogP contribution in [-0.4, -0.2) is 49.6 Å². The Morgan fingerprint density at radius 3 is 2.63 bits per heavy atom. The zero-order valence-electron chi connectivity index (χ0n) is 11.4. The smallest absolute Gasteiger partial charge is 0.244 e. The van der Waals surface area contributed by atoms with Crippen molar-refractivity contribution in [3.8, 4) is 0 Å². The van der Waals surface area contributed by atoms with Crippen LogP contribution in [-0.2, 0) is 4.79 Å². The maximum atomic E-state index is 12.6. The molecule has 3 rings (SSSR count). The minimum atomic E-state index is 0.0849. The van der Waals surface area contributed by atoms with Gasteiger partial charge in [-0.1, -0.05) is 18.2 Å². The fourth-order valence-corrected chi connectivity index (χ4v) is 3.10. The average Bonchev–Trinajstić information content (AvgIpc) is 2.82. The van der Waals surface area contributed by atoms with Gasteiger partial charge in [0.1, 0.15) is 0 Å². The molecular weight excluding hydrogens is 238 g/mol. The van der Waals surface area contributed by atoms with Crippen LogP contribution in [0, 0.1) is 6.92 Å². The fourth-order valence-electron chi connectivity index (χ4n) is 3.10. The molecule has 1 N–H and O–H groups in total. The van der Waals surface area contributed by atoms with Gasteiger partial charge >= 0.3 is 0 Å². The number of aryl methyl sites for hydroxylation is 1. The summed E-state index contributed by atoms with van der Waals surface area (Å²) in [4.78, 5) is 16.9. The van der Waals surface area contributed by atoms with E-state index in [-0.39, 0.29) is 11.9 Å². The molecule has 4 nitrogen and oxygen atoms in total. The third-order valence-electron chi connectivity index (χ3n) is 4.18. The van der Waals surface area contributed by atoms with Crippen LogP contribution in [0.3, 0.4) is 0 Å². The van der Waals surface area contributed by atoms with Crippen molar-refractivity contribution in [1.29, 1.82) is 0 Å². The Kier molecular flexibility index (Phi) is 3.53. The van der Waals surface area contributed by atoms with Gasteiger partial charge in [-0.15, -0.1) is 0 Å². The van der Waals surface area contributed by atoms with Crippen LogP contribution in [0.5, 0.6) is 0 Å². The highest BCUT2D eigenvalue weighted by molar-refractivity contribution is 6.00. The lowest BCUT2D eigenvalue weighted by molar-refractivity contribution is -0.121. The van der Waals surface area contributed by atoms with Crippen molar-refractivity contribution in [2.75, 3.05) is 37.6 Å². The van der Waals surface area contributed by atoms with Crippen LogP contribution >= 0.6 is 0 Å². The average molecular weight is 259 g/mol. The fraction of sp³-hybridized carbons (Fsp3) is 0.533. The van der Waals surface area contributed by atoms with Crippen LogP contribution < -0.4 is 10.2 Å². The van der Waals surface area contributed by atoms with E-state index in [4.69, 9.17) is 0 Å². The molecule has 1 amide bonds. The maximum Gasteiger partial charge on any atom is 0.244 e. The van der Waals surface area contributed by atoms with Crippen molar-refractivity contribution in [2.24, 2.45) is 0 Å². The molecule has 0 bridgehead atoms. The minimum Gasteiger partial charge on any atom is -0.314 e. The monoisotopic (exact) mass is 259 g/mol. The van der Waals surface area contributed by atoms with Crippen LogP contribution in [0.1, 0.15) is 12.0 Å². The number of nitrogens with zero attached hydrogens (tertiary/aromatic N) is 2. The summed E-state index contributed by atoms with van der Waals surface area (Å²) in [6, 6.07) is 8.23. The highest BCUT2D eigenvalue weighted by atomic mass is 16.2. The van der Waals surface area contributed by atoms with E-state index in [0.29, 0.717) is 0 Å². The van der Waals surface area contributed by atoms with E-state index in [1.807, 2.05) is 23.1 Å². The molecule has 0 spiro atoms. The zero-order chi connectivity index (χ0) is 13.2. The molecule has 1 aromatic carbocycles. The van der Waals surface area contributed by atoms with E-state index in [1.165, 1.54) is 5.56 Å². The summed E-state index contributed by atoms with van der Waals surface area (Å²) in [5.74, 6) is 0.274. The Hall–Kier alpha value is -1.39. The number of benzene rings is 1. The molecule has 0 aromatic heterocycles. The molecule has 102 valence electrons. The van der Waals surface area contributed by atoms with E-state index in [9.17, 15) is 4.79 Å². The van der Waals surface area contributed by atoms with Crippen molar-refractivity contribution >= 4 is 11.6 Å². The molecule has 0 radical (unpaired) electrons. The highest BCUT2D eigenvalue weighted by Crippen LogP contribution is 2.27. The molecule has 2 fully saturated rings. The van der Waals surface area contributed by atoms with Crippen molar-refractivity contribution in [1.82, 2.24) is 10.2 Å². The second-order valence-corrected chi connectivity index (χ2v) is 5.37. The first-order chi connectivity index (χ1) is 9.27. The lowest BCUT2D eigenvalue weighted by atomic mass is 10.1. The third kappa shape index (κ3) is 2.38. The number of hydrogen-bond donors (Lipinski definition) is 1. The van der Waals surface area contributed by atoms with Gasteiger partial charge in [-0.05, 0) is 25.0 Å². The molecule has 19 heavy (non-hydrogen) atoms. The molecule has 1 unspecified atom stereocenters. The number of anilines is 1. The Labute approximate surface area is 114 Å². The lowest BCUT2D eigenvalue weighted by Gasteiger charge is -2.31. The van der Waals surface area contributed by atoms with Gasteiger partial charge in [0.05, 0.1) is 6.04 Å². The summed E-state index contributed by atoms with van der Waals surface area (Å²) in [6.45, 7) is 6.87. The molecule has 0 aliphatic carbocycles. The molecule has 0 saturated carbocycles. The third-order valence-corrected chi connectivity index (χ3v) is 4.18. The number of amides is 1. The first-order valence-corrected chi connectivity index (χ1v) is 7.09. The number of piperazine rings is 1. The number of carbonyl (C=O) groups is 1. The summed E-state index contributed by atoms with van der Waals surface area (Å²) in [5.41, 5.74) is 2.25. The molecule has 1 atom stereocenters. The lowest BCUT2D eigenvalue weighted by Crippen LogP contribution is -2.51. The van der Waals surface area contributed by atoms with Crippen LogP contribution in [0.4, 0.5) is 5.69 Å². The minimum absolute atomic E-state index is 0.0849. The van der Waals surface area contributed by atoms with Crippen LogP contribution in [0.15, 0.2) is 24.3 Å². The second kappa shape index (κ2) is 5.31. The van der Waals surface area contributed by atoms with Crippen LogP contribution in [0.2, 0.25) is 0 Å². The summed E-state index contributed by atoms with van der Waals surface area (Å²) in [6.07, 6.45) is 0.952. The van der Waals surface area contributed by atoms with Gasteiger partial charge < -0.3 is 10.2 Å². The Balaban J connectivity index is 1.76. The molecule has 2 saturated heterocycles. The van der Waals surface area contributed by atoms with Crippen LogP contribution in [0.25, 0.3) is 0 Å². The first kappa shape index (κ1) is 12.6. The first-order valence-electron chi connectivity index (χ1n) is 7.09. The van der Waals surface area contributed by atoms with E-state index < -0.39 is 0 Å². The number of carbonyl (C=O) groups excluding carboxylic acids is 1. The molecule has 2 aliphatic heterocycles. The molecular formula is C15H21N3O. The van der Waals surface area contributed by atoms with E-state index >= 15 is 0 Å². The maximum absolute atomic E-state index is 12.6. The molecule has 2 heterocycles. The Morgan fingerprint density at radius 2 is 1.89 bits per heavy atom. The summed E-state index contributed by atoms with van der Waals surface area (Å²) in [5, 5.41) is 3.34. The normalized spacial score (nSPS) is 25.0. The molecule has 4 heteroatoms. The Morgan fingerprint density at radius 1 is 1.16 bits per heavy atom. The SMILES string of the molecule is Cc1ccccc1N1CCC(N2CCNCC2)C1=O.